The molecule has 10 nitrogen and oxygen atoms in total. The number of hydrogen-bond donors (Lipinski definition) is 1. The van der Waals surface area contributed by atoms with Crippen LogP contribution in [0.2, 0.25) is 0 Å². The van der Waals surface area contributed by atoms with Crippen molar-refractivity contribution in [3.8, 4) is 0 Å². The largest absolute Gasteiger partial charge is 0.465 e. The van der Waals surface area contributed by atoms with Crippen LogP contribution < -0.4 is 5.32 Å². The average molecular weight is 661 g/mol. The molecule has 0 fully saturated rings. The van der Waals surface area contributed by atoms with Gasteiger partial charge in [-0.1, -0.05) is 57.2 Å². The van der Waals surface area contributed by atoms with Gasteiger partial charge >= 0.3 is 18.0 Å². The van der Waals surface area contributed by atoms with E-state index < -0.39 is 11.7 Å². The summed E-state index contributed by atoms with van der Waals surface area (Å²) in [6.45, 7) is 22.3. The minimum atomic E-state index is -0.509. The molecule has 1 rings (SSSR count). The normalized spacial score (nSPS) is 12.6. The Labute approximate surface area is 285 Å². The van der Waals surface area contributed by atoms with Gasteiger partial charge in [0.2, 0.25) is 0 Å². The first kappa shape index (κ1) is 42.1. The fraction of sp³-hybridized carbons (Fsp3) is 0.703. The molecule has 1 amide bonds. The molecule has 0 radical (unpaired) electrons. The Balaban J connectivity index is 2.93. The molecule has 0 spiro atoms. The van der Waals surface area contributed by atoms with Gasteiger partial charge in [-0.3, -0.25) is 19.4 Å². The highest BCUT2D eigenvalue weighted by molar-refractivity contribution is 5.75. The van der Waals surface area contributed by atoms with Crippen molar-refractivity contribution in [3.05, 3.63) is 41.5 Å². The number of hydrogen-bond acceptors (Lipinski definition) is 9. The summed E-state index contributed by atoms with van der Waals surface area (Å²) in [6.07, 6.45) is 8.83. The van der Waals surface area contributed by atoms with E-state index in [1.807, 2.05) is 25.7 Å². The van der Waals surface area contributed by atoms with Crippen LogP contribution in [0.4, 0.5) is 4.79 Å². The number of carbonyl (C=O) groups is 3. The molecule has 0 heterocycles. The van der Waals surface area contributed by atoms with Crippen LogP contribution in [-0.2, 0) is 30.2 Å². The third kappa shape index (κ3) is 20.1. The Morgan fingerprint density at radius 3 is 1.83 bits per heavy atom. The van der Waals surface area contributed by atoms with Crippen LogP contribution in [0.25, 0.3) is 6.08 Å². The van der Waals surface area contributed by atoms with E-state index in [2.05, 4.69) is 72.3 Å². The van der Waals surface area contributed by atoms with Gasteiger partial charge in [0.05, 0.1) is 26.3 Å². The fourth-order valence-electron chi connectivity index (χ4n) is 5.33. The highest BCUT2D eigenvalue weighted by Gasteiger charge is 2.21. The molecule has 268 valence electrons. The summed E-state index contributed by atoms with van der Waals surface area (Å²) in [4.78, 5) is 43.5. The standard InChI is InChI=1S/C37H64N4O6/c1-9-23-39(24-10-2)25-27-41(28-26-40(29-34(42)45-12-4)30-35(43)46-13-5)33(11-3)16-14-15-31-17-19-32(20-18-31)21-22-38-36(44)47-37(6,7)8/h14-15,17-20,33H,9-13,16,21-30H2,1-8H3,(H,38,44)/b15-14+. The topological polar surface area (TPSA) is 101 Å². The van der Waals surface area contributed by atoms with E-state index in [9.17, 15) is 14.4 Å². The number of rotatable bonds is 24. The second kappa shape index (κ2) is 24.2. The van der Waals surface area contributed by atoms with Crippen molar-refractivity contribution in [2.24, 2.45) is 0 Å². The molecule has 1 aromatic rings. The zero-order valence-corrected chi connectivity index (χ0v) is 30.6. The van der Waals surface area contributed by atoms with Crippen LogP contribution >= 0.6 is 0 Å². The number of nitrogens with one attached hydrogen (secondary N) is 1. The van der Waals surface area contributed by atoms with E-state index >= 15 is 0 Å². The van der Waals surface area contributed by atoms with Gasteiger partial charge in [0.1, 0.15) is 5.60 Å². The van der Waals surface area contributed by atoms with Gasteiger partial charge in [0.15, 0.2) is 0 Å². The zero-order chi connectivity index (χ0) is 35.1. The van der Waals surface area contributed by atoms with Crippen LogP contribution in [-0.4, -0.2) is 116 Å². The van der Waals surface area contributed by atoms with Gasteiger partial charge in [-0.15, -0.1) is 0 Å². The van der Waals surface area contributed by atoms with Crippen molar-refractivity contribution in [1.82, 2.24) is 20.0 Å². The van der Waals surface area contributed by atoms with Crippen LogP contribution in [0.3, 0.4) is 0 Å². The molecule has 1 atom stereocenters. The fourth-order valence-corrected chi connectivity index (χ4v) is 5.33. The number of ether oxygens (including phenoxy) is 3. The average Bonchev–Trinajstić information content (AvgIpc) is 3.00. The van der Waals surface area contributed by atoms with Crippen LogP contribution in [0.1, 0.15) is 92.2 Å². The van der Waals surface area contributed by atoms with Crippen molar-refractivity contribution in [2.75, 3.05) is 72.1 Å². The van der Waals surface area contributed by atoms with E-state index in [0.717, 1.165) is 76.0 Å². The Bertz CT molecular complexity index is 1010. The van der Waals surface area contributed by atoms with E-state index in [-0.39, 0.29) is 25.0 Å². The Morgan fingerprint density at radius 2 is 1.34 bits per heavy atom. The van der Waals surface area contributed by atoms with Gasteiger partial charge in [-0.2, -0.15) is 0 Å². The monoisotopic (exact) mass is 660 g/mol. The summed E-state index contributed by atoms with van der Waals surface area (Å²) in [5.41, 5.74) is 1.77. The van der Waals surface area contributed by atoms with Crippen molar-refractivity contribution < 1.29 is 28.6 Å². The molecule has 1 unspecified atom stereocenters. The third-order valence-electron chi connectivity index (χ3n) is 7.57. The highest BCUT2D eigenvalue weighted by atomic mass is 16.6. The van der Waals surface area contributed by atoms with Crippen LogP contribution in [0.5, 0.6) is 0 Å². The van der Waals surface area contributed by atoms with Gasteiger partial charge < -0.3 is 24.4 Å². The number of benzene rings is 1. The van der Waals surface area contributed by atoms with E-state index in [1.54, 1.807) is 13.8 Å². The number of nitrogens with zero attached hydrogens (tertiary/aromatic N) is 3. The van der Waals surface area contributed by atoms with Gasteiger partial charge in [0.25, 0.3) is 0 Å². The first-order valence-electron chi connectivity index (χ1n) is 17.7. The van der Waals surface area contributed by atoms with Crippen molar-refractivity contribution in [2.45, 2.75) is 99.1 Å². The SMILES string of the molecule is CCCN(CCC)CCN(CCN(CC(=O)OCC)CC(=O)OCC)C(CC)C/C=C/c1ccc(CCNC(=O)OC(C)(C)C)cc1. The van der Waals surface area contributed by atoms with Gasteiger partial charge in [-0.25, -0.2) is 4.79 Å². The lowest BCUT2D eigenvalue weighted by Gasteiger charge is -2.34. The number of alkyl carbamates (subject to hydrolysis) is 1. The van der Waals surface area contributed by atoms with E-state index in [1.165, 1.54) is 0 Å². The summed E-state index contributed by atoms with van der Waals surface area (Å²) in [7, 11) is 0. The third-order valence-corrected chi connectivity index (χ3v) is 7.57. The van der Waals surface area contributed by atoms with Crippen molar-refractivity contribution >= 4 is 24.1 Å². The number of amides is 1. The molecule has 1 N–H and O–H groups in total. The predicted molar refractivity (Wildman–Crippen MR) is 190 cm³/mol. The van der Waals surface area contributed by atoms with Gasteiger partial charge in [-0.05, 0) is 90.9 Å². The molecule has 0 aromatic heterocycles. The molecule has 0 aliphatic carbocycles. The lowest BCUT2D eigenvalue weighted by Crippen LogP contribution is -2.46. The Hall–Kier alpha value is -2.95. The molecular weight excluding hydrogens is 596 g/mol. The molecule has 0 aliphatic heterocycles. The maximum Gasteiger partial charge on any atom is 0.407 e. The maximum absolute atomic E-state index is 12.3. The molecule has 10 heteroatoms. The molecule has 0 saturated heterocycles. The lowest BCUT2D eigenvalue weighted by molar-refractivity contribution is -0.148. The molecule has 0 bridgehead atoms. The first-order chi connectivity index (χ1) is 22.4. The minimum absolute atomic E-state index is 0.0576. The molecule has 1 aromatic carbocycles. The summed E-state index contributed by atoms with van der Waals surface area (Å²) < 4.78 is 15.7. The number of carbonyl (C=O) groups excluding carboxylic acids is 3. The summed E-state index contributed by atoms with van der Waals surface area (Å²) >= 11 is 0. The smallest absolute Gasteiger partial charge is 0.407 e. The Kier molecular flexibility index (Phi) is 21.7. The van der Waals surface area contributed by atoms with E-state index in [4.69, 9.17) is 14.2 Å². The summed E-state index contributed by atoms with van der Waals surface area (Å²) in [5.74, 6) is -0.665. The lowest BCUT2D eigenvalue weighted by atomic mass is 10.1. The van der Waals surface area contributed by atoms with Crippen LogP contribution in [0, 0.1) is 0 Å². The molecule has 0 aliphatic rings. The zero-order valence-electron chi connectivity index (χ0n) is 30.6. The van der Waals surface area contributed by atoms with Crippen molar-refractivity contribution in [1.29, 1.82) is 0 Å². The molecular formula is C37H64N4O6. The quantitative estimate of drug-likeness (QED) is 0.109. The van der Waals surface area contributed by atoms with Crippen LogP contribution in [0.15, 0.2) is 30.3 Å². The van der Waals surface area contributed by atoms with Crippen molar-refractivity contribution in [3.63, 3.8) is 0 Å². The molecule has 47 heavy (non-hydrogen) atoms. The molecule has 0 saturated carbocycles. The maximum atomic E-state index is 12.3. The highest BCUT2D eigenvalue weighted by Crippen LogP contribution is 2.14. The summed E-state index contributed by atoms with van der Waals surface area (Å²) in [5, 5.41) is 2.81. The first-order valence-corrected chi connectivity index (χ1v) is 17.7. The second-order valence-electron chi connectivity index (χ2n) is 12.8. The Morgan fingerprint density at radius 1 is 0.787 bits per heavy atom. The number of esters is 2. The van der Waals surface area contributed by atoms with E-state index in [0.29, 0.717) is 32.3 Å². The van der Waals surface area contributed by atoms with Gasteiger partial charge in [0, 0.05) is 38.8 Å². The predicted octanol–water partition coefficient (Wildman–Crippen LogP) is 5.79. The summed E-state index contributed by atoms with van der Waals surface area (Å²) in [6, 6.07) is 8.71. The minimum Gasteiger partial charge on any atom is -0.465 e. The second-order valence-corrected chi connectivity index (χ2v) is 12.8.